The highest BCUT2D eigenvalue weighted by Crippen LogP contribution is 2.17. The van der Waals surface area contributed by atoms with Gasteiger partial charge in [-0.1, -0.05) is 19.9 Å². The van der Waals surface area contributed by atoms with Crippen LogP contribution in [0, 0.1) is 0 Å². The van der Waals surface area contributed by atoms with Gasteiger partial charge >= 0.3 is 6.03 Å². The highest BCUT2D eigenvalue weighted by atomic mass is 16.5. The van der Waals surface area contributed by atoms with E-state index < -0.39 is 0 Å². The van der Waals surface area contributed by atoms with Crippen molar-refractivity contribution in [3.8, 4) is 0 Å². The molecule has 0 bridgehead atoms. The number of hydrogen-bond acceptors (Lipinski definition) is 3. The standard InChI is InChI=1S/C16H26N2O3/c1-4-13-6-7-15(12-14(13)5-2)17-16(20)18(8-10-19)9-11-21-3/h6-7,12,19H,4-5,8-11H2,1-3H3,(H,17,20). The van der Waals surface area contributed by atoms with Crippen LogP contribution in [0.4, 0.5) is 10.5 Å². The molecule has 0 aliphatic rings. The van der Waals surface area contributed by atoms with Crippen LogP contribution in [0.25, 0.3) is 0 Å². The van der Waals surface area contributed by atoms with E-state index in [9.17, 15) is 4.79 Å². The summed E-state index contributed by atoms with van der Waals surface area (Å²) >= 11 is 0. The van der Waals surface area contributed by atoms with E-state index in [1.807, 2.05) is 12.1 Å². The van der Waals surface area contributed by atoms with Gasteiger partial charge in [0.05, 0.1) is 13.2 Å². The number of benzene rings is 1. The van der Waals surface area contributed by atoms with Crippen LogP contribution in [0.3, 0.4) is 0 Å². The Balaban J connectivity index is 2.75. The van der Waals surface area contributed by atoms with Gasteiger partial charge in [-0.15, -0.1) is 0 Å². The molecule has 1 rings (SSSR count). The first-order chi connectivity index (χ1) is 10.2. The monoisotopic (exact) mass is 294 g/mol. The Morgan fingerprint density at radius 1 is 1.24 bits per heavy atom. The van der Waals surface area contributed by atoms with E-state index in [1.54, 1.807) is 12.0 Å². The lowest BCUT2D eigenvalue weighted by Crippen LogP contribution is -2.39. The molecule has 118 valence electrons. The predicted octanol–water partition coefficient (Wildman–Crippen LogP) is 2.28. The van der Waals surface area contributed by atoms with Crippen molar-refractivity contribution in [2.45, 2.75) is 26.7 Å². The van der Waals surface area contributed by atoms with Crippen molar-refractivity contribution in [3.63, 3.8) is 0 Å². The summed E-state index contributed by atoms with van der Waals surface area (Å²) < 4.78 is 4.98. The van der Waals surface area contributed by atoms with Crippen LogP contribution in [0.5, 0.6) is 0 Å². The van der Waals surface area contributed by atoms with Gasteiger partial charge in [0, 0.05) is 25.9 Å². The van der Waals surface area contributed by atoms with Gasteiger partial charge in [0.2, 0.25) is 0 Å². The van der Waals surface area contributed by atoms with Crippen molar-refractivity contribution >= 4 is 11.7 Å². The van der Waals surface area contributed by atoms with Gasteiger partial charge in [-0.25, -0.2) is 4.79 Å². The Bertz CT molecular complexity index is 449. The molecule has 0 spiro atoms. The van der Waals surface area contributed by atoms with E-state index in [2.05, 4.69) is 25.2 Å². The van der Waals surface area contributed by atoms with Crippen LogP contribution < -0.4 is 5.32 Å². The molecule has 1 aromatic carbocycles. The number of amides is 2. The molecule has 0 saturated heterocycles. The summed E-state index contributed by atoms with van der Waals surface area (Å²) in [6, 6.07) is 5.78. The first-order valence-corrected chi connectivity index (χ1v) is 7.43. The third-order valence-corrected chi connectivity index (χ3v) is 3.44. The molecule has 5 nitrogen and oxygen atoms in total. The van der Waals surface area contributed by atoms with Gasteiger partial charge < -0.3 is 20.1 Å². The maximum absolute atomic E-state index is 12.2. The summed E-state index contributed by atoms with van der Waals surface area (Å²) in [4.78, 5) is 13.8. The second kappa shape index (κ2) is 9.37. The number of carbonyl (C=O) groups excluding carboxylic acids is 1. The zero-order valence-corrected chi connectivity index (χ0v) is 13.2. The number of ether oxygens (including phenoxy) is 1. The predicted molar refractivity (Wildman–Crippen MR) is 84.8 cm³/mol. The average Bonchev–Trinajstić information content (AvgIpc) is 2.51. The SMILES string of the molecule is CCc1ccc(NC(=O)N(CCO)CCOC)cc1CC. The van der Waals surface area contributed by atoms with E-state index in [1.165, 1.54) is 11.1 Å². The quantitative estimate of drug-likeness (QED) is 0.773. The van der Waals surface area contributed by atoms with Gasteiger partial charge in [-0.3, -0.25) is 0 Å². The van der Waals surface area contributed by atoms with Crippen molar-refractivity contribution in [1.29, 1.82) is 0 Å². The largest absolute Gasteiger partial charge is 0.395 e. The minimum Gasteiger partial charge on any atom is -0.395 e. The lowest BCUT2D eigenvalue weighted by Gasteiger charge is -2.22. The fraction of sp³-hybridized carbons (Fsp3) is 0.562. The summed E-state index contributed by atoms with van der Waals surface area (Å²) in [6.07, 6.45) is 1.93. The number of aliphatic hydroxyl groups is 1. The molecular weight excluding hydrogens is 268 g/mol. The first-order valence-electron chi connectivity index (χ1n) is 7.43. The molecule has 0 unspecified atom stereocenters. The molecule has 2 N–H and O–H groups in total. The topological polar surface area (TPSA) is 61.8 Å². The summed E-state index contributed by atoms with van der Waals surface area (Å²) in [6.45, 7) is 5.37. The van der Waals surface area contributed by atoms with Crippen molar-refractivity contribution in [3.05, 3.63) is 29.3 Å². The number of urea groups is 1. The summed E-state index contributed by atoms with van der Waals surface area (Å²) in [5.41, 5.74) is 3.34. The Labute approximate surface area is 126 Å². The fourth-order valence-electron chi connectivity index (χ4n) is 2.22. The molecule has 0 saturated carbocycles. The lowest BCUT2D eigenvalue weighted by atomic mass is 10.0. The van der Waals surface area contributed by atoms with Gasteiger partial charge in [0.15, 0.2) is 0 Å². The number of aliphatic hydroxyl groups excluding tert-OH is 1. The number of nitrogens with zero attached hydrogens (tertiary/aromatic N) is 1. The van der Waals surface area contributed by atoms with Crippen LogP contribution in [-0.4, -0.2) is 49.5 Å². The molecule has 2 amide bonds. The minimum atomic E-state index is -0.215. The maximum atomic E-state index is 12.2. The van der Waals surface area contributed by atoms with Gasteiger partial charge in [0.1, 0.15) is 0 Å². The van der Waals surface area contributed by atoms with Crippen molar-refractivity contribution in [1.82, 2.24) is 4.90 Å². The smallest absolute Gasteiger partial charge is 0.321 e. The highest BCUT2D eigenvalue weighted by Gasteiger charge is 2.13. The molecule has 0 aliphatic carbocycles. The Hall–Kier alpha value is -1.59. The number of aryl methyl sites for hydroxylation is 2. The van der Waals surface area contributed by atoms with E-state index in [0.29, 0.717) is 19.7 Å². The first kappa shape index (κ1) is 17.5. The molecule has 0 aromatic heterocycles. The summed E-state index contributed by atoms with van der Waals surface area (Å²) in [5.74, 6) is 0. The molecular formula is C16H26N2O3. The number of methoxy groups -OCH3 is 1. The van der Waals surface area contributed by atoms with Crippen LogP contribution in [0.15, 0.2) is 18.2 Å². The molecule has 0 atom stereocenters. The van der Waals surface area contributed by atoms with Gasteiger partial charge in [-0.05, 0) is 36.1 Å². The molecule has 1 aromatic rings. The van der Waals surface area contributed by atoms with Crippen molar-refractivity contribution in [2.75, 3.05) is 38.7 Å². The third-order valence-electron chi connectivity index (χ3n) is 3.44. The van der Waals surface area contributed by atoms with Crippen LogP contribution >= 0.6 is 0 Å². The van der Waals surface area contributed by atoms with Crippen LogP contribution in [0.2, 0.25) is 0 Å². The molecule has 21 heavy (non-hydrogen) atoms. The van der Waals surface area contributed by atoms with E-state index in [-0.39, 0.29) is 12.6 Å². The highest BCUT2D eigenvalue weighted by molar-refractivity contribution is 5.89. The number of nitrogens with one attached hydrogen (secondary N) is 1. The second-order valence-corrected chi connectivity index (χ2v) is 4.82. The Morgan fingerprint density at radius 3 is 2.52 bits per heavy atom. The zero-order valence-electron chi connectivity index (χ0n) is 13.2. The zero-order chi connectivity index (χ0) is 15.7. The number of rotatable bonds is 8. The van der Waals surface area contributed by atoms with Crippen molar-refractivity contribution in [2.24, 2.45) is 0 Å². The molecule has 0 heterocycles. The van der Waals surface area contributed by atoms with Gasteiger partial charge in [-0.2, -0.15) is 0 Å². The molecule has 5 heteroatoms. The summed E-state index contributed by atoms with van der Waals surface area (Å²) in [5, 5.41) is 11.9. The molecule has 0 radical (unpaired) electrons. The van der Waals surface area contributed by atoms with Crippen LogP contribution in [0.1, 0.15) is 25.0 Å². The van der Waals surface area contributed by atoms with Gasteiger partial charge in [0.25, 0.3) is 0 Å². The maximum Gasteiger partial charge on any atom is 0.321 e. The van der Waals surface area contributed by atoms with E-state index in [0.717, 1.165) is 18.5 Å². The normalized spacial score (nSPS) is 10.5. The number of anilines is 1. The molecule has 0 fully saturated rings. The Kier molecular flexibility index (Phi) is 7.79. The third kappa shape index (κ3) is 5.36. The lowest BCUT2D eigenvalue weighted by molar-refractivity contribution is 0.142. The Morgan fingerprint density at radius 2 is 1.95 bits per heavy atom. The summed E-state index contributed by atoms with van der Waals surface area (Å²) in [7, 11) is 1.59. The number of carbonyl (C=O) groups is 1. The minimum absolute atomic E-state index is 0.0634. The average molecular weight is 294 g/mol. The number of hydrogen-bond donors (Lipinski definition) is 2. The van der Waals surface area contributed by atoms with E-state index >= 15 is 0 Å². The fourth-order valence-corrected chi connectivity index (χ4v) is 2.22. The van der Waals surface area contributed by atoms with E-state index in [4.69, 9.17) is 9.84 Å². The molecule has 0 aliphatic heterocycles. The van der Waals surface area contributed by atoms with Crippen molar-refractivity contribution < 1.29 is 14.6 Å². The van der Waals surface area contributed by atoms with Crippen LogP contribution in [-0.2, 0) is 17.6 Å². The second-order valence-electron chi connectivity index (χ2n) is 4.82.